The van der Waals surface area contributed by atoms with Crippen LogP contribution in [0.1, 0.15) is 11.5 Å². The first-order valence-corrected chi connectivity index (χ1v) is 8.53. The van der Waals surface area contributed by atoms with Gasteiger partial charge in [0.05, 0.1) is 11.6 Å². The Morgan fingerprint density at radius 3 is 2.70 bits per heavy atom. The number of hydrogen-bond donors (Lipinski definition) is 1. The Balaban J connectivity index is 1.87. The Labute approximate surface area is 139 Å². The number of ether oxygens (including phenoxy) is 1. The fourth-order valence-corrected chi connectivity index (χ4v) is 3.29. The van der Waals surface area contributed by atoms with Crippen LogP contribution in [0.4, 0.5) is 0 Å². The summed E-state index contributed by atoms with van der Waals surface area (Å²) in [5.41, 5.74) is 0.310. The third-order valence-corrected chi connectivity index (χ3v) is 4.81. The van der Waals surface area contributed by atoms with E-state index in [1.54, 1.807) is 31.2 Å². The highest BCUT2D eigenvalue weighted by atomic mass is 35.5. The van der Waals surface area contributed by atoms with E-state index in [9.17, 15) is 8.42 Å². The summed E-state index contributed by atoms with van der Waals surface area (Å²) in [5, 5.41) is 4.11. The first kappa shape index (κ1) is 17.3. The van der Waals surface area contributed by atoms with Crippen molar-refractivity contribution in [3.63, 3.8) is 0 Å². The molecule has 122 valence electrons. The molecule has 1 heterocycles. The first-order chi connectivity index (χ1) is 10.9. The summed E-state index contributed by atoms with van der Waals surface area (Å²) >= 11 is 5.93. The van der Waals surface area contributed by atoms with Crippen molar-refractivity contribution in [3.05, 3.63) is 40.7 Å². The second-order valence-corrected chi connectivity index (χ2v) is 6.66. The molecule has 6 nitrogen and oxygen atoms in total. The van der Waals surface area contributed by atoms with E-state index in [-0.39, 0.29) is 23.8 Å². The number of hydrogen-bond acceptors (Lipinski definition) is 5. The van der Waals surface area contributed by atoms with E-state index in [0.29, 0.717) is 16.5 Å². The average Bonchev–Trinajstić information content (AvgIpc) is 2.84. The number of benzene rings is 1. The van der Waals surface area contributed by atoms with Crippen LogP contribution in [0.25, 0.3) is 0 Å². The van der Waals surface area contributed by atoms with Gasteiger partial charge in [-0.3, -0.25) is 0 Å². The molecule has 1 aromatic heterocycles. The predicted octanol–water partition coefficient (Wildman–Crippen LogP) is 2.31. The van der Waals surface area contributed by atoms with Gasteiger partial charge in [0.1, 0.15) is 22.9 Å². The van der Waals surface area contributed by atoms with Crippen LogP contribution in [0.2, 0.25) is 5.02 Å². The van der Waals surface area contributed by atoms with E-state index in [4.69, 9.17) is 20.9 Å². The normalized spacial score (nSPS) is 10.9. The lowest BCUT2D eigenvalue weighted by Crippen LogP contribution is -2.25. The molecule has 0 amide bonds. The Kier molecular flexibility index (Phi) is 5.66. The molecule has 0 aliphatic rings. The summed E-state index contributed by atoms with van der Waals surface area (Å²) in [5.74, 6) is 6.15. The van der Waals surface area contributed by atoms with Gasteiger partial charge in [-0.25, -0.2) is 8.42 Å². The molecule has 0 unspecified atom stereocenters. The number of rotatable bonds is 5. The topological polar surface area (TPSA) is 81.4 Å². The number of nitrogens with zero attached hydrogens (tertiary/aromatic N) is 1. The smallest absolute Gasteiger partial charge is 0.246 e. The monoisotopic (exact) mass is 354 g/mol. The van der Waals surface area contributed by atoms with Gasteiger partial charge >= 0.3 is 0 Å². The quantitative estimate of drug-likeness (QED) is 0.833. The summed E-state index contributed by atoms with van der Waals surface area (Å²) in [7, 11) is -3.70. The molecule has 2 rings (SSSR count). The van der Waals surface area contributed by atoms with Crippen LogP contribution in [0.15, 0.2) is 33.7 Å². The minimum atomic E-state index is -3.70. The Morgan fingerprint density at radius 1 is 1.30 bits per heavy atom. The van der Waals surface area contributed by atoms with Gasteiger partial charge in [-0.1, -0.05) is 40.7 Å². The standard InChI is InChI=1S/C15H15ClN2O4S/c1-11-15(12(2)22-18-11)23(19,20)17-9-5-6-10-21-14-8-4-3-7-13(14)16/h3-4,7-8,17H,9-10H2,1-2H3. The molecule has 0 aliphatic carbocycles. The van der Waals surface area contributed by atoms with Gasteiger partial charge in [0.15, 0.2) is 5.76 Å². The molecule has 0 bridgehead atoms. The van der Waals surface area contributed by atoms with E-state index in [1.165, 1.54) is 6.92 Å². The van der Waals surface area contributed by atoms with Crippen molar-refractivity contribution < 1.29 is 17.7 Å². The van der Waals surface area contributed by atoms with E-state index in [0.717, 1.165) is 0 Å². The van der Waals surface area contributed by atoms with Crippen LogP contribution in [-0.2, 0) is 10.0 Å². The molecule has 2 aromatic rings. The third kappa shape index (κ3) is 4.48. The summed E-state index contributed by atoms with van der Waals surface area (Å²) in [6, 6.07) is 7.03. The Bertz CT molecular complexity index is 830. The van der Waals surface area contributed by atoms with Gasteiger partial charge < -0.3 is 9.26 Å². The number of sulfonamides is 1. The minimum Gasteiger partial charge on any atom is -0.479 e. The predicted molar refractivity (Wildman–Crippen MR) is 85.9 cm³/mol. The van der Waals surface area contributed by atoms with E-state index >= 15 is 0 Å². The summed E-state index contributed by atoms with van der Waals surface area (Å²) in [6.45, 7) is 3.17. The van der Waals surface area contributed by atoms with Gasteiger partial charge in [0.2, 0.25) is 10.0 Å². The first-order valence-electron chi connectivity index (χ1n) is 6.67. The Morgan fingerprint density at radius 2 is 2.04 bits per heavy atom. The van der Waals surface area contributed by atoms with Crippen LogP contribution in [0.3, 0.4) is 0 Å². The van der Waals surface area contributed by atoms with Crippen molar-refractivity contribution in [3.8, 4) is 17.6 Å². The number of aromatic nitrogens is 1. The van der Waals surface area contributed by atoms with Gasteiger partial charge in [0, 0.05) is 0 Å². The molecule has 23 heavy (non-hydrogen) atoms. The molecule has 0 atom stereocenters. The summed E-state index contributed by atoms with van der Waals surface area (Å²) in [4.78, 5) is 0.0478. The van der Waals surface area contributed by atoms with Crippen molar-refractivity contribution in [2.75, 3.05) is 13.2 Å². The number of aryl methyl sites for hydroxylation is 2. The molecular weight excluding hydrogens is 340 g/mol. The van der Waals surface area contributed by atoms with E-state index in [1.807, 2.05) is 0 Å². The maximum Gasteiger partial charge on any atom is 0.246 e. The van der Waals surface area contributed by atoms with Gasteiger partial charge in [-0.2, -0.15) is 4.72 Å². The number of halogens is 1. The van der Waals surface area contributed by atoms with Crippen LogP contribution in [0.5, 0.6) is 5.75 Å². The van der Waals surface area contributed by atoms with Gasteiger partial charge in [0.25, 0.3) is 0 Å². The molecule has 1 aromatic carbocycles. The number of para-hydroxylation sites is 1. The maximum atomic E-state index is 12.1. The SMILES string of the molecule is Cc1noc(C)c1S(=O)(=O)NCC#CCOc1ccccc1Cl. The third-order valence-electron chi connectivity index (χ3n) is 2.85. The highest BCUT2D eigenvalue weighted by Gasteiger charge is 2.23. The van der Waals surface area contributed by atoms with E-state index in [2.05, 4.69) is 21.7 Å². The minimum absolute atomic E-state index is 0.0434. The highest BCUT2D eigenvalue weighted by molar-refractivity contribution is 7.89. The van der Waals surface area contributed by atoms with Crippen LogP contribution in [-0.4, -0.2) is 26.7 Å². The van der Waals surface area contributed by atoms with Crippen LogP contribution >= 0.6 is 11.6 Å². The number of nitrogens with one attached hydrogen (secondary N) is 1. The zero-order valence-electron chi connectivity index (χ0n) is 12.6. The van der Waals surface area contributed by atoms with Crippen LogP contribution in [0, 0.1) is 25.7 Å². The molecule has 0 radical (unpaired) electrons. The summed E-state index contributed by atoms with van der Waals surface area (Å²) in [6.07, 6.45) is 0. The lowest BCUT2D eigenvalue weighted by atomic mass is 10.3. The van der Waals surface area contributed by atoms with Gasteiger partial charge in [-0.05, 0) is 26.0 Å². The van der Waals surface area contributed by atoms with Crippen molar-refractivity contribution in [2.24, 2.45) is 0 Å². The highest BCUT2D eigenvalue weighted by Crippen LogP contribution is 2.22. The maximum absolute atomic E-state index is 12.1. The molecule has 1 N–H and O–H groups in total. The Hall–Kier alpha value is -2.01. The fraction of sp³-hybridized carbons (Fsp3) is 0.267. The largest absolute Gasteiger partial charge is 0.479 e. The van der Waals surface area contributed by atoms with E-state index < -0.39 is 10.0 Å². The lowest BCUT2D eigenvalue weighted by molar-refractivity contribution is 0.370. The molecule has 0 saturated carbocycles. The van der Waals surface area contributed by atoms with Crippen molar-refractivity contribution >= 4 is 21.6 Å². The molecular formula is C15H15ClN2O4S. The molecule has 0 spiro atoms. The molecule has 8 heteroatoms. The van der Waals surface area contributed by atoms with Gasteiger partial charge in [-0.15, -0.1) is 0 Å². The summed E-state index contributed by atoms with van der Waals surface area (Å²) < 4.78 is 36.8. The molecule has 0 saturated heterocycles. The van der Waals surface area contributed by atoms with Crippen molar-refractivity contribution in [1.29, 1.82) is 0 Å². The van der Waals surface area contributed by atoms with Crippen molar-refractivity contribution in [1.82, 2.24) is 9.88 Å². The molecule has 0 fully saturated rings. The second kappa shape index (κ2) is 7.51. The average molecular weight is 355 g/mol. The van der Waals surface area contributed by atoms with Crippen molar-refractivity contribution in [2.45, 2.75) is 18.7 Å². The fourth-order valence-electron chi connectivity index (χ4n) is 1.85. The zero-order valence-corrected chi connectivity index (χ0v) is 14.2. The lowest BCUT2D eigenvalue weighted by Gasteiger charge is -2.03. The zero-order chi connectivity index (χ0) is 16.9. The second-order valence-electron chi connectivity index (χ2n) is 4.55. The molecule has 0 aliphatic heterocycles. The van der Waals surface area contributed by atoms with Crippen LogP contribution < -0.4 is 9.46 Å².